The van der Waals surface area contributed by atoms with E-state index in [1.807, 2.05) is 18.2 Å². The lowest BCUT2D eigenvalue weighted by Gasteiger charge is -2.34. The maximum Gasteiger partial charge on any atom is 0.251 e. The van der Waals surface area contributed by atoms with Gasteiger partial charge in [-0.1, -0.05) is 30.3 Å². The summed E-state index contributed by atoms with van der Waals surface area (Å²) in [6, 6.07) is 13.2. The van der Waals surface area contributed by atoms with Crippen molar-refractivity contribution >= 4 is 15.9 Å². The van der Waals surface area contributed by atoms with Gasteiger partial charge in [-0.3, -0.25) is 9.69 Å². The normalized spacial score (nSPS) is 15.1. The van der Waals surface area contributed by atoms with Crippen LogP contribution in [0.1, 0.15) is 15.9 Å². The summed E-state index contributed by atoms with van der Waals surface area (Å²) in [5.41, 5.74) is 1.50. The number of hydrogen-bond acceptors (Lipinski definition) is 7. The van der Waals surface area contributed by atoms with Crippen molar-refractivity contribution in [1.29, 1.82) is 0 Å². The molecule has 0 radical (unpaired) electrons. The van der Waals surface area contributed by atoms with Gasteiger partial charge in [0.2, 0.25) is 15.8 Å². The smallest absolute Gasteiger partial charge is 0.251 e. The Morgan fingerprint density at radius 2 is 1.55 bits per heavy atom. The number of carbonyl (C=O) groups excluding carboxylic acids is 1. The van der Waals surface area contributed by atoms with E-state index in [0.717, 1.165) is 6.54 Å². The van der Waals surface area contributed by atoms with Gasteiger partial charge in [-0.15, -0.1) is 0 Å². The van der Waals surface area contributed by atoms with Crippen LogP contribution < -0.4 is 19.5 Å². The van der Waals surface area contributed by atoms with Crippen LogP contribution in [0, 0.1) is 0 Å². The molecule has 10 heteroatoms. The second kappa shape index (κ2) is 11.4. The zero-order chi connectivity index (χ0) is 23.8. The summed E-state index contributed by atoms with van der Waals surface area (Å²) >= 11 is 0. The lowest BCUT2D eigenvalue weighted by atomic mass is 10.1. The van der Waals surface area contributed by atoms with Crippen molar-refractivity contribution in [3.05, 3.63) is 53.6 Å². The van der Waals surface area contributed by atoms with E-state index in [1.165, 1.54) is 43.3 Å². The van der Waals surface area contributed by atoms with Crippen molar-refractivity contribution in [3.8, 4) is 17.2 Å². The second-order valence-corrected chi connectivity index (χ2v) is 9.74. The summed E-state index contributed by atoms with van der Waals surface area (Å²) in [4.78, 5) is 14.8. The van der Waals surface area contributed by atoms with Gasteiger partial charge in [-0.05, 0) is 17.7 Å². The van der Waals surface area contributed by atoms with Gasteiger partial charge in [0, 0.05) is 44.8 Å². The highest BCUT2D eigenvalue weighted by atomic mass is 32.2. The molecular formula is C23H31N3O6S. The van der Waals surface area contributed by atoms with Crippen LogP contribution >= 0.6 is 0 Å². The van der Waals surface area contributed by atoms with Crippen molar-refractivity contribution < 1.29 is 27.4 Å². The summed E-state index contributed by atoms with van der Waals surface area (Å²) < 4.78 is 42.8. The molecule has 0 atom stereocenters. The Kier molecular flexibility index (Phi) is 8.54. The Morgan fingerprint density at radius 1 is 0.939 bits per heavy atom. The molecule has 1 amide bonds. The number of methoxy groups -OCH3 is 3. The molecule has 0 aromatic heterocycles. The van der Waals surface area contributed by atoms with E-state index < -0.39 is 15.9 Å². The fraction of sp³-hybridized carbons (Fsp3) is 0.435. The van der Waals surface area contributed by atoms with Crippen LogP contribution in [0.3, 0.4) is 0 Å². The van der Waals surface area contributed by atoms with Crippen LogP contribution in [0.15, 0.2) is 42.5 Å². The molecule has 180 valence electrons. The van der Waals surface area contributed by atoms with Gasteiger partial charge in [0.15, 0.2) is 11.5 Å². The number of carbonyl (C=O) groups is 1. The van der Waals surface area contributed by atoms with Crippen molar-refractivity contribution in [2.45, 2.75) is 6.54 Å². The van der Waals surface area contributed by atoms with Crippen molar-refractivity contribution in [2.24, 2.45) is 0 Å². The molecule has 1 heterocycles. The quantitative estimate of drug-likeness (QED) is 0.555. The molecular weight excluding hydrogens is 446 g/mol. The van der Waals surface area contributed by atoms with Crippen LogP contribution in [-0.4, -0.2) is 83.3 Å². The lowest BCUT2D eigenvalue weighted by molar-refractivity contribution is 0.0955. The number of hydrogen-bond donors (Lipinski definition) is 1. The molecule has 1 saturated heterocycles. The maximum atomic E-state index is 12.8. The third kappa shape index (κ3) is 6.37. The van der Waals surface area contributed by atoms with Gasteiger partial charge in [-0.25, -0.2) is 8.42 Å². The van der Waals surface area contributed by atoms with Gasteiger partial charge in [0.1, 0.15) is 0 Å². The first-order valence-electron chi connectivity index (χ1n) is 10.7. The van der Waals surface area contributed by atoms with Crippen molar-refractivity contribution in [3.63, 3.8) is 0 Å². The molecule has 0 unspecified atom stereocenters. The van der Waals surface area contributed by atoms with Crippen molar-refractivity contribution in [2.75, 3.05) is 59.8 Å². The highest BCUT2D eigenvalue weighted by Crippen LogP contribution is 2.38. The Bertz CT molecular complexity index is 1010. The van der Waals surface area contributed by atoms with E-state index in [0.29, 0.717) is 43.4 Å². The first-order chi connectivity index (χ1) is 15.9. The Hall–Kier alpha value is -2.82. The highest BCUT2D eigenvalue weighted by molar-refractivity contribution is 7.89. The SMILES string of the molecule is COc1cc(C(=O)NCCS(=O)(=O)N2CCN(Cc3ccccc3)CC2)cc(OC)c1OC. The summed E-state index contributed by atoms with van der Waals surface area (Å²) in [7, 11) is 0.934. The molecule has 3 rings (SSSR count). The number of nitrogens with zero attached hydrogens (tertiary/aromatic N) is 2. The minimum atomic E-state index is -3.47. The number of benzene rings is 2. The molecule has 0 bridgehead atoms. The van der Waals surface area contributed by atoms with Gasteiger partial charge < -0.3 is 19.5 Å². The average molecular weight is 478 g/mol. The van der Waals surface area contributed by atoms with E-state index in [4.69, 9.17) is 14.2 Å². The van der Waals surface area contributed by atoms with E-state index in [1.54, 1.807) is 0 Å². The van der Waals surface area contributed by atoms with Gasteiger partial charge >= 0.3 is 0 Å². The largest absolute Gasteiger partial charge is 0.493 e. The van der Waals surface area contributed by atoms with Crippen LogP contribution in [0.25, 0.3) is 0 Å². The molecule has 1 aliphatic rings. The zero-order valence-electron chi connectivity index (χ0n) is 19.2. The topological polar surface area (TPSA) is 97.4 Å². The molecule has 33 heavy (non-hydrogen) atoms. The summed E-state index contributed by atoms with van der Waals surface area (Å²) in [5.74, 6) is 0.496. The predicted molar refractivity (Wildman–Crippen MR) is 126 cm³/mol. The van der Waals surface area contributed by atoms with Crippen LogP contribution in [0.5, 0.6) is 17.2 Å². The monoisotopic (exact) mass is 477 g/mol. The van der Waals surface area contributed by atoms with Crippen LogP contribution in [-0.2, 0) is 16.6 Å². The molecule has 1 aliphatic heterocycles. The molecule has 2 aromatic rings. The minimum absolute atomic E-state index is 0.00204. The highest BCUT2D eigenvalue weighted by Gasteiger charge is 2.27. The Morgan fingerprint density at radius 3 is 2.09 bits per heavy atom. The van der Waals surface area contributed by atoms with Crippen molar-refractivity contribution in [1.82, 2.24) is 14.5 Å². The number of nitrogens with one attached hydrogen (secondary N) is 1. The fourth-order valence-electron chi connectivity index (χ4n) is 3.74. The minimum Gasteiger partial charge on any atom is -0.493 e. The predicted octanol–water partition coefficient (Wildman–Crippen LogP) is 1.59. The average Bonchev–Trinajstić information content (AvgIpc) is 2.83. The summed E-state index contributed by atoms with van der Waals surface area (Å²) in [6.07, 6.45) is 0. The first kappa shape index (κ1) is 24.8. The molecule has 0 aliphatic carbocycles. The molecule has 9 nitrogen and oxygen atoms in total. The molecule has 0 spiro atoms. The van der Waals surface area contributed by atoms with Crippen LogP contribution in [0.4, 0.5) is 0 Å². The Labute approximate surface area is 195 Å². The second-order valence-electron chi connectivity index (χ2n) is 7.65. The number of piperazine rings is 1. The number of ether oxygens (including phenoxy) is 3. The van der Waals surface area contributed by atoms with Gasteiger partial charge in [0.25, 0.3) is 5.91 Å². The van der Waals surface area contributed by atoms with E-state index in [2.05, 4.69) is 22.3 Å². The fourth-order valence-corrected chi connectivity index (χ4v) is 5.08. The van der Waals surface area contributed by atoms with E-state index >= 15 is 0 Å². The standard InChI is InChI=1S/C23H31N3O6S/c1-30-20-15-19(16-21(31-2)22(20)32-3)23(27)24-9-14-33(28,29)26-12-10-25(11-13-26)17-18-7-5-4-6-8-18/h4-8,15-16H,9-14,17H2,1-3H3,(H,24,27). The van der Waals surface area contributed by atoms with Gasteiger partial charge in [0.05, 0.1) is 27.1 Å². The van der Waals surface area contributed by atoms with Gasteiger partial charge in [-0.2, -0.15) is 4.31 Å². The number of amides is 1. The summed E-state index contributed by atoms with van der Waals surface area (Å²) in [6.45, 7) is 3.03. The summed E-state index contributed by atoms with van der Waals surface area (Å²) in [5, 5.41) is 2.67. The number of rotatable bonds is 10. The van der Waals surface area contributed by atoms with E-state index in [-0.39, 0.29) is 17.9 Å². The third-order valence-corrected chi connectivity index (χ3v) is 7.42. The lowest BCUT2D eigenvalue weighted by Crippen LogP contribution is -2.49. The molecule has 0 saturated carbocycles. The van der Waals surface area contributed by atoms with Crippen LogP contribution in [0.2, 0.25) is 0 Å². The molecule has 1 fully saturated rings. The van der Waals surface area contributed by atoms with E-state index in [9.17, 15) is 13.2 Å². The molecule has 1 N–H and O–H groups in total. The number of sulfonamides is 1. The third-order valence-electron chi connectivity index (χ3n) is 5.55. The first-order valence-corrected chi connectivity index (χ1v) is 12.3. The maximum absolute atomic E-state index is 12.8. The molecule has 2 aromatic carbocycles. The Balaban J connectivity index is 1.51. The zero-order valence-corrected chi connectivity index (χ0v) is 20.1.